The zero-order valence-corrected chi connectivity index (χ0v) is 37.0. The largest absolute Gasteiger partial charge is 0.310 e. The molecule has 0 N–H and O–H groups in total. The zero-order valence-electron chi connectivity index (χ0n) is 37.0. The Morgan fingerprint density at radius 3 is 1.55 bits per heavy atom. The molecule has 1 spiro atoms. The van der Waals surface area contributed by atoms with Crippen LogP contribution in [0.3, 0.4) is 0 Å². The van der Waals surface area contributed by atoms with Crippen LogP contribution in [0.1, 0.15) is 47.2 Å². The van der Waals surface area contributed by atoms with Gasteiger partial charge < -0.3 is 9.80 Å². The van der Waals surface area contributed by atoms with Crippen molar-refractivity contribution < 1.29 is 0 Å². The Hall–Kier alpha value is -8.20. The van der Waals surface area contributed by atoms with Crippen LogP contribution in [0.4, 0.5) is 34.1 Å². The lowest BCUT2D eigenvalue weighted by molar-refractivity contribution is 0.660. The molecule has 1 aliphatic heterocycles. The maximum atomic E-state index is 2.54. The van der Waals surface area contributed by atoms with E-state index in [9.17, 15) is 0 Å². The van der Waals surface area contributed by atoms with E-state index >= 15 is 0 Å². The fraction of sp³-hybridized carbons (Fsp3) is 0.0625. The fourth-order valence-corrected chi connectivity index (χ4v) is 11.9. The van der Waals surface area contributed by atoms with Crippen molar-refractivity contribution in [3.63, 3.8) is 0 Å². The quantitative estimate of drug-likeness (QED) is 0.165. The van der Waals surface area contributed by atoms with Gasteiger partial charge in [0.2, 0.25) is 0 Å². The van der Waals surface area contributed by atoms with Gasteiger partial charge in [0, 0.05) is 28.0 Å². The summed E-state index contributed by atoms with van der Waals surface area (Å²) in [5, 5.41) is 0. The molecule has 0 unspecified atom stereocenters. The van der Waals surface area contributed by atoms with Crippen LogP contribution < -0.4 is 9.80 Å². The number of rotatable bonds is 6. The molecule has 10 aromatic carbocycles. The Labute approximate surface area is 387 Å². The fourth-order valence-electron chi connectivity index (χ4n) is 11.9. The van der Waals surface area contributed by atoms with E-state index in [0.29, 0.717) is 0 Å². The minimum atomic E-state index is -0.579. The van der Waals surface area contributed by atoms with Crippen molar-refractivity contribution in [3.8, 4) is 44.5 Å². The SMILES string of the molecule is CC1(C)c2ccccc2-c2ccc(N(c3cccc(-c4ccccc4-c4ccccc4)c3)c3cccc4c3-c3ccccc3C43c4ccccc4N(c4ccccc4)c4ccccc43)cc21. The van der Waals surface area contributed by atoms with Gasteiger partial charge in [-0.15, -0.1) is 0 Å². The van der Waals surface area contributed by atoms with Crippen LogP contribution in [0.25, 0.3) is 44.5 Å². The smallest absolute Gasteiger partial charge is 0.0755 e. The molecule has 0 amide bonds. The molecule has 0 atom stereocenters. The van der Waals surface area contributed by atoms with Gasteiger partial charge in [0.15, 0.2) is 0 Å². The molecule has 0 aromatic heterocycles. The summed E-state index contributed by atoms with van der Waals surface area (Å²) in [5.41, 5.74) is 24.0. The third-order valence-corrected chi connectivity index (χ3v) is 14.7. The molecule has 0 saturated heterocycles. The van der Waals surface area contributed by atoms with Crippen LogP contribution in [0.2, 0.25) is 0 Å². The lowest BCUT2D eigenvalue weighted by atomic mass is 9.64. The Balaban J connectivity index is 1.08. The van der Waals surface area contributed by atoms with E-state index in [2.05, 4.69) is 266 Å². The normalized spacial score (nSPS) is 14.1. The van der Waals surface area contributed by atoms with Crippen molar-refractivity contribution in [3.05, 3.63) is 276 Å². The molecule has 66 heavy (non-hydrogen) atoms. The van der Waals surface area contributed by atoms with Gasteiger partial charge in [-0.05, 0) is 127 Å². The Kier molecular flexibility index (Phi) is 8.51. The van der Waals surface area contributed by atoms with E-state index in [0.717, 1.165) is 22.7 Å². The maximum absolute atomic E-state index is 2.54. The molecular weight excluding hydrogens is 797 g/mol. The second kappa shape index (κ2) is 14.7. The van der Waals surface area contributed by atoms with E-state index in [-0.39, 0.29) is 5.41 Å². The summed E-state index contributed by atoms with van der Waals surface area (Å²) in [6.45, 7) is 4.76. The number of hydrogen-bond donors (Lipinski definition) is 0. The van der Waals surface area contributed by atoms with Crippen LogP contribution >= 0.6 is 0 Å². The van der Waals surface area contributed by atoms with E-state index in [4.69, 9.17) is 0 Å². The molecule has 2 aliphatic carbocycles. The topological polar surface area (TPSA) is 6.48 Å². The Bertz CT molecular complexity index is 3480. The molecule has 10 aromatic rings. The number of benzene rings is 10. The lowest BCUT2D eigenvalue weighted by Crippen LogP contribution is -2.36. The van der Waals surface area contributed by atoms with Crippen LogP contribution in [0.15, 0.2) is 243 Å². The number of para-hydroxylation sites is 3. The van der Waals surface area contributed by atoms with Crippen LogP contribution in [0.5, 0.6) is 0 Å². The summed E-state index contributed by atoms with van der Waals surface area (Å²) >= 11 is 0. The van der Waals surface area contributed by atoms with E-state index in [1.165, 1.54) is 89.3 Å². The van der Waals surface area contributed by atoms with Gasteiger partial charge in [0.1, 0.15) is 0 Å². The van der Waals surface area contributed by atoms with Crippen molar-refractivity contribution in [1.82, 2.24) is 0 Å². The monoisotopic (exact) mass is 842 g/mol. The van der Waals surface area contributed by atoms with Crippen LogP contribution in [-0.2, 0) is 10.8 Å². The predicted molar refractivity (Wildman–Crippen MR) is 275 cm³/mol. The average molecular weight is 843 g/mol. The molecule has 0 fully saturated rings. The van der Waals surface area contributed by atoms with Gasteiger partial charge in [-0.2, -0.15) is 0 Å². The first kappa shape index (κ1) is 38.3. The van der Waals surface area contributed by atoms with Gasteiger partial charge in [-0.25, -0.2) is 0 Å². The highest BCUT2D eigenvalue weighted by atomic mass is 15.2. The molecule has 1 heterocycles. The minimum absolute atomic E-state index is 0.167. The average Bonchev–Trinajstić information content (AvgIpc) is 3.80. The summed E-state index contributed by atoms with van der Waals surface area (Å²) in [5.74, 6) is 0. The highest BCUT2D eigenvalue weighted by molar-refractivity contribution is 6.02. The number of hydrogen-bond acceptors (Lipinski definition) is 2. The molecule has 2 nitrogen and oxygen atoms in total. The zero-order chi connectivity index (χ0) is 44.0. The third kappa shape index (κ3) is 5.42. The molecule has 3 aliphatic rings. The van der Waals surface area contributed by atoms with Gasteiger partial charge in [-0.3, -0.25) is 0 Å². The Morgan fingerprint density at radius 2 is 0.833 bits per heavy atom. The van der Waals surface area contributed by atoms with Crippen molar-refractivity contribution in [2.24, 2.45) is 0 Å². The van der Waals surface area contributed by atoms with E-state index in [1.54, 1.807) is 0 Å². The Morgan fingerprint density at radius 1 is 0.333 bits per heavy atom. The molecular formula is C64H46N2. The van der Waals surface area contributed by atoms with Crippen molar-refractivity contribution in [2.75, 3.05) is 9.80 Å². The molecule has 13 rings (SSSR count). The first-order valence-corrected chi connectivity index (χ1v) is 23.1. The standard InChI is InChI=1S/C64H46N2/c1-63(2)53-31-13-11-29-50(53)51-40-39-47(42-58(51)63)65(46-26-19-23-44(41-46)49-28-10-9-27-48(49)43-21-5-3-6-22-43)61-38-20-35-57-62(61)52-30-12-14-32-54(52)64(57)55-33-15-17-36-59(55)66(45-24-7-4-8-25-45)60-37-18-16-34-56(60)64/h3-42H,1-2H3. The van der Waals surface area contributed by atoms with Crippen molar-refractivity contribution in [2.45, 2.75) is 24.7 Å². The summed E-state index contributed by atoms with van der Waals surface area (Å²) in [6.07, 6.45) is 0. The number of nitrogens with zero attached hydrogens (tertiary/aromatic N) is 2. The molecule has 0 radical (unpaired) electrons. The number of fused-ring (bicyclic) bond motifs is 12. The molecule has 0 saturated carbocycles. The summed E-state index contributed by atoms with van der Waals surface area (Å²) in [7, 11) is 0. The summed E-state index contributed by atoms with van der Waals surface area (Å²) < 4.78 is 0. The second-order valence-electron chi connectivity index (χ2n) is 18.4. The molecule has 312 valence electrons. The van der Waals surface area contributed by atoms with Gasteiger partial charge >= 0.3 is 0 Å². The van der Waals surface area contributed by atoms with Gasteiger partial charge in [0.05, 0.1) is 22.5 Å². The highest BCUT2D eigenvalue weighted by Crippen LogP contribution is 2.65. The lowest BCUT2D eigenvalue weighted by Gasteiger charge is -2.45. The van der Waals surface area contributed by atoms with Crippen molar-refractivity contribution in [1.29, 1.82) is 0 Å². The van der Waals surface area contributed by atoms with E-state index < -0.39 is 5.41 Å². The van der Waals surface area contributed by atoms with E-state index in [1.807, 2.05) is 0 Å². The van der Waals surface area contributed by atoms with Crippen molar-refractivity contribution >= 4 is 34.1 Å². The minimum Gasteiger partial charge on any atom is -0.310 e. The van der Waals surface area contributed by atoms with Crippen LogP contribution in [-0.4, -0.2) is 0 Å². The first-order chi connectivity index (χ1) is 32.5. The second-order valence-corrected chi connectivity index (χ2v) is 18.4. The van der Waals surface area contributed by atoms with Gasteiger partial charge in [-0.1, -0.05) is 202 Å². The maximum Gasteiger partial charge on any atom is 0.0755 e. The highest BCUT2D eigenvalue weighted by Gasteiger charge is 2.52. The molecule has 0 bridgehead atoms. The number of anilines is 6. The predicted octanol–water partition coefficient (Wildman–Crippen LogP) is 16.9. The molecule has 2 heteroatoms. The van der Waals surface area contributed by atoms with Gasteiger partial charge in [0.25, 0.3) is 0 Å². The first-order valence-electron chi connectivity index (χ1n) is 23.1. The third-order valence-electron chi connectivity index (χ3n) is 14.7. The summed E-state index contributed by atoms with van der Waals surface area (Å²) in [6, 6.07) is 90.1. The summed E-state index contributed by atoms with van der Waals surface area (Å²) in [4.78, 5) is 5.00. The van der Waals surface area contributed by atoms with Crippen LogP contribution in [0, 0.1) is 0 Å².